The molecule has 6 nitrogen and oxygen atoms in total. The summed E-state index contributed by atoms with van der Waals surface area (Å²) in [5, 5.41) is 11.2. The molecule has 0 aliphatic heterocycles. The maximum Gasteiger partial charge on any atom is 0.408 e. The van der Waals surface area contributed by atoms with E-state index in [0.717, 1.165) is 6.42 Å². The highest BCUT2D eigenvalue weighted by Crippen LogP contribution is 2.28. The molecule has 148 valence electrons. The van der Waals surface area contributed by atoms with Crippen LogP contribution in [0, 0.1) is 11.7 Å². The Kier molecular flexibility index (Phi) is 7.24. The normalized spacial score (nSPS) is 13.9. The summed E-state index contributed by atoms with van der Waals surface area (Å²) in [6.07, 6.45) is 0.271. The third-order valence-electron chi connectivity index (χ3n) is 3.88. The van der Waals surface area contributed by atoms with Crippen molar-refractivity contribution >= 4 is 17.9 Å². The van der Waals surface area contributed by atoms with Gasteiger partial charge in [-0.25, -0.2) is 9.18 Å². The second-order valence-corrected chi connectivity index (χ2v) is 8.22. The average molecular weight is 396 g/mol. The summed E-state index contributed by atoms with van der Waals surface area (Å²) >= 11 is 1.25. The van der Waals surface area contributed by atoms with Gasteiger partial charge in [-0.15, -0.1) is 10.2 Å². The van der Waals surface area contributed by atoms with Crippen LogP contribution >= 0.6 is 11.8 Å². The van der Waals surface area contributed by atoms with Gasteiger partial charge in [0.05, 0.1) is 0 Å². The second-order valence-electron chi connectivity index (χ2n) is 7.30. The molecular weight excluding hydrogens is 369 g/mol. The molecular formula is C19H26FN3O3S. The zero-order valence-electron chi connectivity index (χ0n) is 16.3. The lowest BCUT2D eigenvalue weighted by Crippen LogP contribution is -2.37. The summed E-state index contributed by atoms with van der Waals surface area (Å²) in [5.74, 6) is 0.490. The first-order valence-electron chi connectivity index (χ1n) is 8.88. The summed E-state index contributed by atoms with van der Waals surface area (Å²) < 4.78 is 24.7. The lowest BCUT2D eigenvalue weighted by atomic mass is 9.99. The van der Waals surface area contributed by atoms with Crippen molar-refractivity contribution in [3.63, 3.8) is 0 Å². The Balaban J connectivity index is 2.06. The van der Waals surface area contributed by atoms with Gasteiger partial charge in [0, 0.05) is 5.75 Å². The van der Waals surface area contributed by atoms with Gasteiger partial charge in [0.25, 0.3) is 5.22 Å². The average Bonchev–Trinajstić information content (AvgIpc) is 3.05. The molecule has 0 aliphatic carbocycles. The Morgan fingerprint density at radius 1 is 1.33 bits per heavy atom. The van der Waals surface area contributed by atoms with Crippen molar-refractivity contribution in [2.75, 3.05) is 0 Å². The molecule has 27 heavy (non-hydrogen) atoms. The molecule has 2 rings (SSSR count). The fraction of sp³-hybridized carbons (Fsp3) is 0.526. The van der Waals surface area contributed by atoms with Crippen molar-refractivity contribution in [1.29, 1.82) is 0 Å². The van der Waals surface area contributed by atoms with Crippen LogP contribution in [0.5, 0.6) is 0 Å². The molecule has 0 fully saturated rings. The van der Waals surface area contributed by atoms with E-state index in [1.54, 1.807) is 39.0 Å². The number of nitrogens with one attached hydrogen (secondary N) is 1. The lowest BCUT2D eigenvalue weighted by molar-refractivity contribution is 0.0473. The van der Waals surface area contributed by atoms with E-state index in [4.69, 9.17) is 9.15 Å². The van der Waals surface area contributed by atoms with Crippen LogP contribution in [0.3, 0.4) is 0 Å². The highest BCUT2D eigenvalue weighted by Gasteiger charge is 2.28. The smallest absolute Gasteiger partial charge is 0.408 e. The summed E-state index contributed by atoms with van der Waals surface area (Å²) in [5.41, 5.74) is -0.0349. The summed E-state index contributed by atoms with van der Waals surface area (Å²) in [6, 6.07) is 6.10. The Morgan fingerprint density at radius 3 is 2.67 bits per heavy atom. The minimum atomic E-state index is -0.598. The fourth-order valence-corrected chi connectivity index (χ4v) is 3.03. The number of thioether (sulfide) groups is 1. The van der Waals surface area contributed by atoms with Crippen molar-refractivity contribution in [3.05, 3.63) is 41.5 Å². The van der Waals surface area contributed by atoms with Gasteiger partial charge in [0.15, 0.2) is 0 Å². The van der Waals surface area contributed by atoms with E-state index < -0.39 is 17.7 Å². The predicted molar refractivity (Wildman–Crippen MR) is 102 cm³/mol. The van der Waals surface area contributed by atoms with Crippen LogP contribution in [0.25, 0.3) is 0 Å². The summed E-state index contributed by atoms with van der Waals surface area (Å²) in [6.45, 7) is 9.40. The SMILES string of the molecule is CC[C@@H](C)[C@H](NC(=O)OC(C)(C)C)c1nnc(SCc2ccccc2F)o1. The first kappa shape index (κ1) is 21.2. The molecule has 1 amide bonds. The number of hydrogen-bond acceptors (Lipinski definition) is 6. The molecule has 0 radical (unpaired) electrons. The molecule has 1 aromatic heterocycles. The molecule has 0 aliphatic rings. The number of benzene rings is 1. The van der Waals surface area contributed by atoms with Crippen LogP contribution in [0.2, 0.25) is 0 Å². The molecule has 0 spiro atoms. The first-order valence-corrected chi connectivity index (χ1v) is 9.87. The van der Waals surface area contributed by atoms with E-state index in [9.17, 15) is 9.18 Å². The van der Waals surface area contributed by atoms with Crippen molar-refractivity contribution in [2.45, 2.75) is 63.7 Å². The van der Waals surface area contributed by atoms with Gasteiger partial charge in [-0.05, 0) is 38.3 Å². The predicted octanol–water partition coefficient (Wildman–Crippen LogP) is 5.11. The highest BCUT2D eigenvalue weighted by molar-refractivity contribution is 7.98. The van der Waals surface area contributed by atoms with Gasteiger partial charge in [-0.3, -0.25) is 0 Å². The minimum Gasteiger partial charge on any atom is -0.444 e. The van der Waals surface area contributed by atoms with Crippen LogP contribution in [0.4, 0.5) is 9.18 Å². The number of rotatable bonds is 7. The Morgan fingerprint density at radius 2 is 2.04 bits per heavy atom. The maximum atomic E-state index is 13.7. The number of carbonyl (C=O) groups is 1. The van der Waals surface area contributed by atoms with Crippen molar-refractivity contribution < 1.29 is 18.3 Å². The van der Waals surface area contributed by atoms with Crippen molar-refractivity contribution in [2.24, 2.45) is 5.92 Å². The monoisotopic (exact) mass is 395 g/mol. The van der Waals surface area contributed by atoms with E-state index in [1.165, 1.54) is 17.8 Å². The van der Waals surface area contributed by atoms with E-state index in [1.807, 2.05) is 13.8 Å². The number of aromatic nitrogens is 2. The first-order chi connectivity index (χ1) is 12.7. The van der Waals surface area contributed by atoms with E-state index in [-0.39, 0.29) is 11.7 Å². The van der Waals surface area contributed by atoms with Crippen LogP contribution in [0.15, 0.2) is 33.9 Å². The number of alkyl carbamates (subject to hydrolysis) is 1. The van der Waals surface area contributed by atoms with Gasteiger partial charge < -0.3 is 14.5 Å². The second kappa shape index (κ2) is 9.21. The van der Waals surface area contributed by atoms with Crippen LogP contribution in [-0.4, -0.2) is 21.9 Å². The molecule has 1 heterocycles. The number of nitrogens with zero attached hydrogens (tertiary/aromatic N) is 2. The number of amides is 1. The largest absolute Gasteiger partial charge is 0.444 e. The number of ether oxygens (including phenoxy) is 1. The quantitative estimate of drug-likeness (QED) is 0.656. The maximum absolute atomic E-state index is 13.7. The topological polar surface area (TPSA) is 77.2 Å². The van der Waals surface area contributed by atoms with E-state index in [2.05, 4.69) is 15.5 Å². The Labute approximate surface area is 163 Å². The molecule has 0 unspecified atom stereocenters. The van der Waals surface area contributed by atoms with Crippen molar-refractivity contribution in [1.82, 2.24) is 15.5 Å². The Hall–Kier alpha value is -2.09. The number of carbonyl (C=O) groups excluding carboxylic acids is 1. The van der Waals surface area contributed by atoms with Crippen LogP contribution in [-0.2, 0) is 10.5 Å². The third kappa shape index (κ3) is 6.53. The van der Waals surface area contributed by atoms with Gasteiger partial charge in [-0.1, -0.05) is 50.2 Å². The highest BCUT2D eigenvalue weighted by atomic mass is 32.2. The fourth-order valence-electron chi connectivity index (χ4n) is 2.28. The van der Waals surface area contributed by atoms with Gasteiger partial charge in [0.1, 0.15) is 17.5 Å². The third-order valence-corrected chi connectivity index (χ3v) is 4.75. The molecule has 8 heteroatoms. The molecule has 1 aromatic carbocycles. The summed E-state index contributed by atoms with van der Waals surface area (Å²) in [7, 11) is 0. The van der Waals surface area contributed by atoms with Crippen LogP contribution in [0.1, 0.15) is 58.5 Å². The molecule has 2 atom stereocenters. The molecule has 0 bridgehead atoms. The van der Waals surface area contributed by atoms with Crippen LogP contribution < -0.4 is 5.32 Å². The zero-order valence-corrected chi connectivity index (χ0v) is 17.1. The van der Waals surface area contributed by atoms with Gasteiger partial charge >= 0.3 is 6.09 Å². The summed E-state index contributed by atoms with van der Waals surface area (Å²) in [4.78, 5) is 12.1. The molecule has 1 N–H and O–H groups in total. The lowest BCUT2D eigenvalue weighted by Gasteiger charge is -2.24. The zero-order chi connectivity index (χ0) is 20.0. The van der Waals surface area contributed by atoms with E-state index in [0.29, 0.717) is 22.4 Å². The molecule has 2 aromatic rings. The standard InChI is InChI=1S/C19H26FN3O3S/c1-6-12(2)15(21-17(24)26-19(3,4)5)16-22-23-18(25-16)27-11-13-9-7-8-10-14(13)20/h7-10,12,15H,6,11H2,1-5H3,(H,21,24)/t12-,15+/m1/s1. The number of hydrogen-bond donors (Lipinski definition) is 1. The Bertz CT molecular complexity index is 761. The minimum absolute atomic E-state index is 0.0717. The van der Waals surface area contributed by atoms with Crippen molar-refractivity contribution in [3.8, 4) is 0 Å². The van der Waals surface area contributed by atoms with E-state index >= 15 is 0 Å². The van der Waals surface area contributed by atoms with Gasteiger partial charge in [-0.2, -0.15) is 0 Å². The molecule has 0 saturated heterocycles. The number of halogens is 1. The molecule has 0 saturated carbocycles. The van der Waals surface area contributed by atoms with Gasteiger partial charge in [0.2, 0.25) is 5.89 Å².